The molecule has 1 atom stereocenters. The van der Waals surface area contributed by atoms with Crippen LogP contribution in [0.25, 0.3) is 0 Å². The van der Waals surface area contributed by atoms with E-state index in [1.165, 1.54) is 12.1 Å². The number of hydrogen-bond donors (Lipinski definition) is 1. The van der Waals surface area contributed by atoms with Gasteiger partial charge in [-0.15, -0.1) is 0 Å². The summed E-state index contributed by atoms with van der Waals surface area (Å²) in [5, 5.41) is 9.88. The summed E-state index contributed by atoms with van der Waals surface area (Å²) in [5.41, 5.74) is -3.48. The lowest BCUT2D eigenvalue weighted by Crippen LogP contribution is -2.42. The summed E-state index contributed by atoms with van der Waals surface area (Å²) in [6.07, 6.45) is -19.1. The van der Waals surface area contributed by atoms with E-state index in [1.54, 1.807) is 0 Å². The van der Waals surface area contributed by atoms with Gasteiger partial charge < -0.3 is 14.7 Å². The number of aliphatic hydroxyl groups excluding tert-OH is 1. The van der Waals surface area contributed by atoms with Crippen molar-refractivity contribution < 1.29 is 67.4 Å². The lowest BCUT2D eigenvalue weighted by atomic mass is 10.1. The van der Waals surface area contributed by atoms with Crippen molar-refractivity contribution >= 4 is 5.69 Å². The lowest BCUT2D eigenvalue weighted by Gasteiger charge is -2.28. The van der Waals surface area contributed by atoms with Gasteiger partial charge in [0.1, 0.15) is 18.2 Å². The maximum Gasteiger partial charge on any atom is 0.458 e. The molecule has 0 fully saturated rings. The first kappa shape index (κ1) is 31.7. The molecule has 0 aromatic heterocycles. The largest absolute Gasteiger partial charge is 0.489 e. The zero-order valence-corrected chi connectivity index (χ0v) is 20.1. The van der Waals surface area contributed by atoms with Crippen LogP contribution >= 0.6 is 0 Å². The Hall–Kier alpha value is -3.82. The monoisotopic (exact) mass is 607 g/mol. The third-order valence-corrected chi connectivity index (χ3v) is 5.28. The van der Waals surface area contributed by atoms with Gasteiger partial charge in [-0.05, 0) is 48.0 Å². The molecule has 0 spiro atoms. The molecule has 0 aliphatic carbocycles. The highest BCUT2D eigenvalue weighted by Gasteiger charge is 2.58. The van der Waals surface area contributed by atoms with E-state index in [2.05, 4.69) is 0 Å². The number of hydrogen-bond acceptors (Lipinski definition) is 4. The van der Waals surface area contributed by atoms with Crippen LogP contribution in [0.3, 0.4) is 0 Å². The fourth-order valence-electron chi connectivity index (χ4n) is 3.29. The van der Waals surface area contributed by atoms with Gasteiger partial charge >= 0.3 is 24.5 Å². The maximum atomic E-state index is 13.8. The van der Waals surface area contributed by atoms with Crippen LogP contribution in [0.1, 0.15) is 16.7 Å². The molecule has 0 unspecified atom stereocenters. The molecule has 0 bridgehead atoms. The highest BCUT2D eigenvalue weighted by molar-refractivity contribution is 5.50. The van der Waals surface area contributed by atoms with Crippen molar-refractivity contribution in [3.05, 3.63) is 89.2 Å². The van der Waals surface area contributed by atoms with Crippen molar-refractivity contribution in [2.75, 3.05) is 11.6 Å². The summed E-state index contributed by atoms with van der Waals surface area (Å²) in [4.78, 5) is 5.14. The molecule has 41 heavy (non-hydrogen) atoms. The third-order valence-electron chi connectivity index (χ3n) is 5.28. The molecule has 0 saturated carbocycles. The van der Waals surface area contributed by atoms with Crippen LogP contribution < -0.4 is 14.6 Å². The van der Waals surface area contributed by atoms with E-state index in [4.69, 9.17) is 9.57 Å². The van der Waals surface area contributed by atoms with Gasteiger partial charge in [0.2, 0.25) is 0 Å². The van der Waals surface area contributed by atoms with Crippen molar-refractivity contribution in [3.63, 3.8) is 0 Å². The third kappa shape index (κ3) is 8.11. The Morgan fingerprint density at radius 3 is 1.98 bits per heavy atom. The van der Waals surface area contributed by atoms with E-state index in [0.29, 0.717) is 17.2 Å². The van der Waals surface area contributed by atoms with Crippen LogP contribution in [0.2, 0.25) is 0 Å². The molecule has 3 rings (SSSR count). The number of ether oxygens (including phenoxy) is 1. The van der Waals surface area contributed by atoms with E-state index in [-0.39, 0.29) is 29.1 Å². The van der Waals surface area contributed by atoms with Gasteiger partial charge in [0, 0.05) is 11.6 Å². The fraction of sp³-hybridized carbons (Fsp3) is 0.280. The molecule has 0 amide bonds. The van der Waals surface area contributed by atoms with Gasteiger partial charge in [-0.1, -0.05) is 18.2 Å². The molecule has 0 heterocycles. The van der Waals surface area contributed by atoms with Crippen LogP contribution in [0, 0.1) is 5.82 Å². The molecule has 16 heteroatoms. The highest BCUT2D eigenvalue weighted by Crippen LogP contribution is 2.44. The first-order chi connectivity index (χ1) is 18.8. The molecular formula is C25H17F12NO3. The quantitative estimate of drug-likeness (QED) is 0.199. The minimum absolute atomic E-state index is 0.201. The summed E-state index contributed by atoms with van der Waals surface area (Å²) < 4.78 is 163. The van der Waals surface area contributed by atoms with Crippen molar-refractivity contribution in [2.24, 2.45) is 0 Å². The van der Waals surface area contributed by atoms with Crippen LogP contribution in [0.5, 0.6) is 11.5 Å². The van der Waals surface area contributed by atoms with E-state index < -0.39 is 66.4 Å². The number of aliphatic hydroxyl groups is 1. The minimum atomic E-state index is -5.99. The molecule has 3 aromatic carbocycles. The summed E-state index contributed by atoms with van der Waals surface area (Å²) in [7, 11) is 0. The lowest BCUT2D eigenvalue weighted by molar-refractivity contribution is -0.289. The Labute approximate surface area is 223 Å². The predicted octanol–water partition coefficient (Wildman–Crippen LogP) is 7.80. The first-order valence-corrected chi connectivity index (χ1v) is 11.1. The SMILES string of the molecule is O[C@@H](CN(Oc1cccc(C(F)(F)C(F)(F)F)c1)c1cccc(OCc2cc(F)cc(C(F)(F)F)c2)c1)C(F)(F)F. The molecule has 0 radical (unpaired) electrons. The summed E-state index contributed by atoms with van der Waals surface area (Å²) in [6.45, 7) is -2.03. The number of anilines is 1. The summed E-state index contributed by atoms with van der Waals surface area (Å²) in [5.74, 6) is -7.51. The number of hydroxylamine groups is 1. The van der Waals surface area contributed by atoms with Crippen molar-refractivity contribution in [2.45, 2.75) is 37.2 Å². The second-order valence-corrected chi connectivity index (χ2v) is 8.44. The predicted molar refractivity (Wildman–Crippen MR) is 119 cm³/mol. The minimum Gasteiger partial charge on any atom is -0.489 e. The zero-order valence-electron chi connectivity index (χ0n) is 20.1. The smallest absolute Gasteiger partial charge is 0.458 e. The molecule has 0 aliphatic heterocycles. The molecule has 1 N–H and O–H groups in total. The first-order valence-electron chi connectivity index (χ1n) is 11.1. The van der Waals surface area contributed by atoms with E-state index in [9.17, 15) is 57.8 Å². The molecule has 4 nitrogen and oxygen atoms in total. The van der Waals surface area contributed by atoms with Gasteiger partial charge in [-0.25, -0.2) is 9.45 Å². The van der Waals surface area contributed by atoms with Gasteiger partial charge in [-0.3, -0.25) is 0 Å². The highest BCUT2D eigenvalue weighted by atomic mass is 19.4. The normalized spacial score (nSPS) is 13.6. The fourth-order valence-corrected chi connectivity index (χ4v) is 3.29. The van der Waals surface area contributed by atoms with Gasteiger partial charge in [0.05, 0.1) is 17.8 Å². The number of halogens is 12. The molecule has 3 aromatic rings. The molecule has 0 saturated heterocycles. The molecular weight excluding hydrogens is 590 g/mol. The topological polar surface area (TPSA) is 41.9 Å². The number of rotatable bonds is 9. The number of alkyl halides is 11. The van der Waals surface area contributed by atoms with E-state index >= 15 is 0 Å². The standard InChI is InChI=1S/C25H17F12NO3/c26-17-8-14(7-16(9-17)23(29,30)31)13-40-19-5-2-4-18(11-19)38(12-21(39)24(32,33)34)41-20-6-1-3-15(10-20)22(27,28)25(35,36)37/h1-11,21,39H,12-13H2/t21-/m0/s1. The zero-order chi connectivity index (χ0) is 30.8. The second-order valence-electron chi connectivity index (χ2n) is 8.44. The van der Waals surface area contributed by atoms with Crippen molar-refractivity contribution in [3.8, 4) is 11.5 Å². The molecule has 224 valence electrons. The Bertz CT molecular complexity index is 1340. The van der Waals surface area contributed by atoms with Gasteiger partial charge in [-0.2, -0.15) is 48.3 Å². The average Bonchev–Trinajstić information content (AvgIpc) is 2.85. The van der Waals surface area contributed by atoms with Crippen LogP contribution in [-0.4, -0.2) is 30.1 Å². The second kappa shape index (κ2) is 11.6. The van der Waals surface area contributed by atoms with E-state index in [0.717, 1.165) is 30.3 Å². The van der Waals surface area contributed by atoms with Gasteiger partial charge in [0.25, 0.3) is 0 Å². The van der Waals surface area contributed by atoms with Crippen LogP contribution in [0.4, 0.5) is 58.4 Å². The van der Waals surface area contributed by atoms with Crippen molar-refractivity contribution in [1.82, 2.24) is 0 Å². The van der Waals surface area contributed by atoms with Crippen LogP contribution in [-0.2, 0) is 18.7 Å². The van der Waals surface area contributed by atoms with Gasteiger partial charge in [0.15, 0.2) is 11.9 Å². The van der Waals surface area contributed by atoms with Crippen LogP contribution in [0.15, 0.2) is 66.7 Å². The summed E-state index contributed by atoms with van der Waals surface area (Å²) >= 11 is 0. The Balaban J connectivity index is 1.90. The van der Waals surface area contributed by atoms with E-state index in [1.807, 2.05) is 0 Å². The van der Waals surface area contributed by atoms with Crippen molar-refractivity contribution in [1.29, 1.82) is 0 Å². The molecule has 0 aliphatic rings. The Morgan fingerprint density at radius 2 is 1.37 bits per heavy atom. The maximum absolute atomic E-state index is 13.8. The Morgan fingerprint density at radius 1 is 0.732 bits per heavy atom. The number of benzene rings is 3. The Kier molecular flexibility index (Phi) is 8.96. The number of nitrogens with zero attached hydrogens (tertiary/aromatic N) is 1. The summed E-state index contributed by atoms with van der Waals surface area (Å²) in [6, 6.07) is 8.30. The average molecular weight is 607 g/mol.